The van der Waals surface area contributed by atoms with Gasteiger partial charge in [-0.2, -0.15) is 0 Å². The highest BCUT2D eigenvalue weighted by Gasteiger charge is 2.31. The van der Waals surface area contributed by atoms with Crippen molar-refractivity contribution < 1.29 is 0 Å². The third-order valence-corrected chi connectivity index (χ3v) is 4.55. The summed E-state index contributed by atoms with van der Waals surface area (Å²) < 4.78 is 0. The van der Waals surface area contributed by atoms with Crippen molar-refractivity contribution in [3.8, 4) is 0 Å². The van der Waals surface area contributed by atoms with Crippen molar-refractivity contribution in [3.05, 3.63) is 35.9 Å². The summed E-state index contributed by atoms with van der Waals surface area (Å²) in [6.45, 7) is 4.20. The van der Waals surface area contributed by atoms with E-state index in [-0.39, 0.29) is 5.54 Å². The summed E-state index contributed by atoms with van der Waals surface area (Å²) in [4.78, 5) is 2.48. The Morgan fingerprint density at radius 3 is 2.44 bits per heavy atom. The van der Waals surface area contributed by atoms with Crippen molar-refractivity contribution >= 4 is 0 Å². The van der Waals surface area contributed by atoms with E-state index in [1.807, 2.05) is 0 Å². The van der Waals surface area contributed by atoms with Crippen LogP contribution in [-0.4, -0.2) is 30.6 Å². The molecule has 100 valence electrons. The quantitative estimate of drug-likeness (QED) is 0.836. The van der Waals surface area contributed by atoms with Gasteiger partial charge in [-0.1, -0.05) is 36.8 Å². The molecule has 2 N–H and O–H groups in total. The van der Waals surface area contributed by atoms with E-state index in [2.05, 4.69) is 49.2 Å². The Labute approximate surface area is 111 Å². The summed E-state index contributed by atoms with van der Waals surface area (Å²) in [5.41, 5.74) is 7.51. The van der Waals surface area contributed by atoms with Crippen LogP contribution in [0.4, 0.5) is 0 Å². The summed E-state index contributed by atoms with van der Waals surface area (Å²) in [5, 5.41) is 0. The van der Waals surface area contributed by atoms with E-state index < -0.39 is 0 Å². The molecule has 0 bridgehead atoms. The molecule has 1 aliphatic carbocycles. The lowest BCUT2D eigenvalue weighted by Crippen LogP contribution is -2.53. The van der Waals surface area contributed by atoms with Crippen LogP contribution in [0.3, 0.4) is 0 Å². The summed E-state index contributed by atoms with van der Waals surface area (Å²) in [6.07, 6.45) is 5.25. The minimum atomic E-state index is 0.0803. The molecule has 1 aromatic rings. The molecule has 0 aliphatic heterocycles. The lowest BCUT2D eigenvalue weighted by Gasteiger charge is -2.42. The van der Waals surface area contributed by atoms with Crippen LogP contribution < -0.4 is 5.73 Å². The molecule has 0 radical (unpaired) electrons. The normalized spacial score (nSPS) is 19.6. The number of nitrogens with two attached hydrogens (primary N) is 1. The zero-order valence-corrected chi connectivity index (χ0v) is 11.7. The molecule has 1 unspecified atom stereocenters. The van der Waals surface area contributed by atoms with E-state index in [1.54, 1.807) is 0 Å². The molecule has 1 aliphatic rings. The van der Waals surface area contributed by atoms with E-state index in [4.69, 9.17) is 5.73 Å². The fourth-order valence-corrected chi connectivity index (χ4v) is 2.68. The van der Waals surface area contributed by atoms with Gasteiger partial charge >= 0.3 is 0 Å². The van der Waals surface area contributed by atoms with Crippen molar-refractivity contribution in [2.45, 2.75) is 38.1 Å². The van der Waals surface area contributed by atoms with Crippen LogP contribution in [0, 0.1) is 5.92 Å². The maximum Gasteiger partial charge on any atom is 0.0340 e. The Morgan fingerprint density at radius 2 is 1.94 bits per heavy atom. The third kappa shape index (κ3) is 3.12. The molecule has 18 heavy (non-hydrogen) atoms. The number of nitrogens with zero attached hydrogens (tertiary/aromatic N) is 1. The zero-order chi connectivity index (χ0) is 13.0. The van der Waals surface area contributed by atoms with Crippen molar-refractivity contribution in [2.24, 2.45) is 11.7 Å². The lowest BCUT2D eigenvalue weighted by atomic mass is 9.83. The Bertz CT molecular complexity index is 359. The Morgan fingerprint density at radius 1 is 1.28 bits per heavy atom. The summed E-state index contributed by atoms with van der Waals surface area (Å²) in [7, 11) is 2.23. The summed E-state index contributed by atoms with van der Waals surface area (Å²) in [6, 6.07) is 10.7. The number of benzene rings is 1. The summed E-state index contributed by atoms with van der Waals surface area (Å²) >= 11 is 0. The largest absolute Gasteiger partial charge is 0.329 e. The van der Waals surface area contributed by atoms with Crippen LogP contribution in [0.15, 0.2) is 30.3 Å². The second kappa shape index (κ2) is 5.85. The van der Waals surface area contributed by atoms with Gasteiger partial charge in [-0.3, -0.25) is 4.90 Å². The molecule has 1 atom stereocenters. The third-order valence-electron chi connectivity index (χ3n) is 4.55. The van der Waals surface area contributed by atoms with Gasteiger partial charge in [0, 0.05) is 18.6 Å². The van der Waals surface area contributed by atoms with Crippen LogP contribution in [0.25, 0.3) is 0 Å². The van der Waals surface area contributed by atoms with Gasteiger partial charge in [0.1, 0.15) is 0 Å². The number of hydrogen-bond donors (Lipinski definition) is 1. The van der Waals surface area contributed by atoms with Crippen LogP contribution in [0.5, 0.6) is 0 Å². The SMILES string of the molecule is CN(CC1CCC1)C(C)(CN)Cc1ccccc1. The average Bonchev–Trinajstić information content (AvgIpc) is 2.34. The molecule has 2 rings (SSSR count). The van der Waals surface area contributed by atoms with Crippen molar-refractivity contribution in [1.29, 1.82) is 0 Å². The van der Waals surface area contributed by atoms with Gasteiger partial charge in [0.05, 0.1) is 0 Å². The maximum atomic E-state index is 6.05. The minimum Gasteiger partial charge on any atom is -0.329 e. The van der Waals surface area contributed by atoms with Gasteiger partial charge in [0.25, 0.3) is 0 Å². The van der Waals surface area contributed by atoms with Crippen LogP contribution >= 0.6 is 0 Å². The van der Waals surface area contributed by atoms with Crippen LogP contribution in [-0.2, 0) is 6.42 Å². The second-order valence-corrected chi connectivity index (χ2v) is 6.04. The molecule has 0 amide bonds. The first-order valence-corrected chi connectivity index (χ1v) is 7.09. The fraction of sp³-hybridized carbons (Fsp3) is 0.625. The van der Waals surface area contributed by atoms with Gasteiger partial charge in [0.15, 0.2) is 0 Å². The lowest BCUT2D eigenvalue weighted by molar-refractivity contribution is 0.0982. The smallest absolute Gasteiger partial charge is 0.0340 e. The van der Waals surface area contributed by atoms with Gasteiger partial charge in [-0.25, -0.2) is 0 Å². The van der Waals surface area contributed by atoms with E-state index in [0.29, 0.717) is 6.54 Å². The first-order valence-electron chi connectivity index (χ1n) is 7.09. The number of hydrogen-bond acceptors (Lipinski definition) is 2. The molecular weight excluding hydrogens is 220 g/mol. The molecule has 0 heterocycles. The van der Waals surface area contributed by atoms with Crippen LogP contribution in [0.2, 0.25) is 0 Å². The van der Waals surface area contributed by atoms with E-state index in [1.165, 1.54) is 31.4 Å². The van der Waals surface area contributed by atoms with Gasteiger partial charge in [-0.15, -0.1) is 0 Å². The molecule has 1 fully saturated rings. The summed E-state index contributed by atoms with van der Waals surface area (Å²) in [5.74, 6) is 0.900. The first-order chi connectivity index (χ1) is 8.64. The Kier molecular flexibility index (Phi) is 4.41. The first kappa shape index (κ1) is 13.6. The Hall–Kier alpha value is -0.860. The molecule has 0 spiro atoms. The minimum absolute atomic E-state index is 0.0803. The predicted octanol–water partition coefficient (Wildman–Crippen LogP) is 2.68. The highest BCUT2D eigenvalue weighted by Crippen LogP contribution is 2.29. The van der Waals surface area contributed by atoms with Crippen molar-refractivity contribution in [3.63, 3.8) is 0 Å². The van der Waals surface area contributed by atoms with Gasteiger partial charge in [-0.05, 0) is 44.7 Å². The molecule has 1 saturated carbocycles. The second-order valence-electron chi connectivity index (χ2n) is 6.04. The molecule has 0 saturated heterocycles. The highest BCUT2D eigenvalue weighted by molar-refractivity contribution is 5.18. The fourth-order valence-electron chi connectivity index (χ4n) is 2.68. The average molecular weight is 246 g/mol. The molecule has 2 heteroatoms. The standard InChI is InChI=1S/C16H26N2/c1-16(13-17,11-14-7-4-3-5-8-14)18(2)12-15-9-6-10-15/h3-5,7-8,15H,6,9-13,17H2,1-2H3. The van der Waals surface area contributed by atoms with Gasteiger partial charge < -0.3 is 5.73 Å². The zero-order valence-electron chi connectivity index (χ0n) is 11.7. The van der Waals surface area contributed by atoms with Crippen molar-refractivity contribution in [1.82, 2.24) is 4.90 Å². The highest BCUT2D eigenvalue weighted by atomic mass is 15.2. The predicted molar refractivity (Wildman–Crippen MR) is 77.6 cm³/mol. The topological polar surface area (TPSA) is 29.3 Å². The molecule has 1 aromatic carbocycles. The molecule has 2 nitrogen and oxygen atoms in total. The Balaban J connectivity index is 1.99. The van der Waals surface area contributed by atoms with Crippen molar-refractivity contribution in [2.75, 3.05) is 20.1 Å². The number of rotatable bonds is 6. The maximum absolute atomic E-state index is 6.05. The van der Waals surface area contributed by atoms with E-state index >= 15 is 0 Å². The van der Waals surface area contributed by atoms with E-state index in [0.717, 1.165) is 12.3 Å². The molecule has 0 aromatic heterocycles. The molecular formula is C16H26N2. The monoisotopic (exact) mass is 246 g/mol. The van der Waals surface area contributed by atoms with Gasteiger partial charge in [0.2, 0.25) is 0 Å². The number of likely N-dealkylation sites (N-methyl/N-ethyl adjacent to an activating group) is 1. The van der Waals surface area contributed by atoms with Crippen LogP contribution in [0.1, 0.15) is 31.7 Å². The van der Waals surface area contributed by atoms with E-state index in [9.17, 15) is 0 Å².